The van der Waals surface area contributed by atoms with Crippen molar-refractivity contribution in [1.29, 1.82) is 0 Å². The van der Waals surface area contributed by atoms with Gasteiger partial charge in [0.15, 0.2) is 0 Å². The average molecular weight is 277 g/mol. The molecule has 6 atom stereocenters. The van der Waals surface area contributed by atoms with Crippen LogP contribution in [0.2, 0.25) is 0 Å². The van der Waals surface area contributed by atoms with Gasteiger partial charge in [-0.25, -0.2) is 0 Å². The molecule has 0 aromatic carbocycles. The molecule has 2 N–H and O–H groups in total. The lowest BCUT2D eigenvalue weighted by molar-refractivity contribution is -0.144. The molecule has 0 aliphatic heterocycles. The Morgan fingerprint density at radius 2 is 1.55 bits per heavy atom. The highest BCUT2D eigenvalue weighted by atomic mass is 16.4. The van der Waals surface area contributed by atoms with E-state index < -0.39 is 5.97 Å². The molecule has 2 bridgehead atoms. The summed E-state index contributed by atoms with van der Waals surface area (Å²) in [6, 6.07) is -0.0959. The van der Waals surface area contributed by atoms with E-state index >= 15 is 0 Å². The molecular formula is C16H23NO3. The molecule has 20 heavy (non-hydrogen) atoms. The first-order valence-electron chi connectivity index (χ1n) is 8.20. The van der Waals surface area contributed by atoms with Crippen molar-refractivity contribution < 1.29 is 14.7 Å². The Morgan fingerprint density at radius 3 is 2.20 bits per heavy atom. The van der Waals surface area contributed by atoms with E-state index in [2.05, 4.69) is 5.32 Å². The van der Waals surface area contributed by atoms with E-state index in [1.807, 2.05) is 0 Å². The standard InChI is InChI=1S/C16H23NO3/c18-15(13-10-3-1-2-4-11(10)13)17-14-9-6-5-8(7-9)12(14)16(19)20/h8-14H,1-7H2,(H,17,18)(H,19,20). The van der Waals surface area contributed by atoms with Crippen LogP contribution in [0.15, 0.2) is 0 Å². The van der Waals surface area contributed by atoms with Crippen molar-refractivity contribution in [1.82, 2.24) is 5.32 Å². The van der Waals surface area contributed by atoms with Crippen LogP contribution in [-0.4, -0.2) is 23.0 Å². The lowest BCUT2D eigenvalue weighted by atomic mass is 9.84. The number of hydrogen-bond acceptors (Lipinski definition) is 2. The predicted molar refractivity (Wildman–Crippen MR) is 72.8 cm³/mol. The van der Waals surface area contributed by atoms with Crippen molar-refractivity contribution in [2.24, 2.45) is 35.5 Å². The molecule has 0 aromatic heterocycles. The van der Waals surface area contributed by atoms with Crippen LogP contribution in [0.25, 0.3) is 0 Å². The summed E-state index contributed by atoms with van der Waals surface area (Å²) < 4.78 is 0. The van der Waals surface area contributed by atoms with Gasteiger partial charge in [0.1, 0.15) is 0 Å². The minimum atomic E-state index is -0.712. The maximum atomic E-state index is 12.5. The molecule has 4 aliphatic rings. The number of rotatable bonds is 3. The van der Waals surface area contributed by atoms with Crippen molar-refractivity contribution in [2.75, 3.05) is 0 Å². The van der Waals surface area contributed by atoms with Gasteiger partial charge in [-0.15, -0.1) is 0 Å². The molecule has 0 aromatic rings. The number of aliphatic carboxylic acids is 1. The topological polar surface area (TPSA) is 66.4 Å². The summed E-state index contributed by atoms with van der Waals surface area (Å²) in [6.45, 7) is 0. The fourth-order valence-electron chi connectivity index (χ4n) is 5.50. The van der Waals surface area contributed by atoms with Gasteiger partial charge >= 0.3 is 5.97 Å². The minimum Gasteiger partial charge on any atom is -0.481 e. The smallest absolute Gasteiger partial charge is 0.308 e. The number of carbonyl (C=O) groups excluding carboxylic acids is 1. The molecule has 1 amide bonds. The zero-order valence-electron chi connectivity index (χ0n) is 11.8. The lowest BCUT2D eigenvalue weighted by Crippen LogP contribution is -2.47. The summed E-state index contributed by atoms with van der Waals surface area (Å²) in [6.07, 6.45) is 8.04. The second-order valence-corrected chi connectivity index (χ2v) is 7.37. The monoisotopic (exact) mass is 277 g/mol. The highest BCUT2D eigenvalue weighted by Gasteiger charge is 2.57. The molecular weight excluding hydrogens is 254 g/mol. The van der Waals surface area contributed by atoms with Crippen molar-refractivity contribution in [3.8, 4) is 0 Å². The Bertz CT molecular complexity index is 437. The van der Waals surface area contributed by atoms with Gasteiger partial charge in [-0.05, 0) is 55.8 Å². The van der Waals surface area contributed by atoms with Crippen molar-refractivity contribution in [3.63, 3.8) is 0 Å². The number of carboxylic acids is 1. The van der Waals surface area contributed by atoms with E-state index in [0.717, 1.165) is 19.3 Å². The zero-order valence-corrected chi connectivity index (χ0v) is 11.8. The summed E-state index contributed by atoms with van der Waals surface area (Å²) in [7, 11) is 0. The van der Waals surface area contributed by atoms with Crippen molar-refractivity contribution in [2.45, 2.75) is 51.0 Å². The van der Waals surface area contributed by atoms with E-state index in [-0.39, 0.29) is 23.8 Å². The molecule has 4 nitrogen and oxygen atoms in total. The Hall–Kier alpha value is -1.06. The van der Waals surface area contributed by atoms with Crippen LogP contribution >= 0.6 is 0 Å². The van der Waals surface area contributed by atoms with Crippen LogP contribution in [0.5, 0.6) is 0 Å². The molecule has 4 aliphatic carbocycles. The largest absolute Gasteiger partial charge is 0.481 e. The molecule has 4 heteroatoms. The SMILES string of the molecule is O=C(NC1C2CCC(C2)C1C(=O)O)C1C2CCCCC21. The molecule has 4 saturated carbocycles. The molecule has 110 valence electrons. The second kappa shape index (κ2) is 4.47. The Balaban J connectivity index is 1.43. The van der Waals surface area contributed by atoms with E-state index in [1.54, 1.807) is 0 Å². The van der Waals surface area contributed by atoms with E-state index in [1.165, 1.54) is 25.7 Å². The van der Waals surface area contributed by atoms with Crippen LogP contribution in [-0.2, 0) is 9.59 Å². The number of hydrogen-bond donors (Lipinski definition) is 2. The van der Waals surface area contributed by atoms with Gasteiger partial charge in [-0.1, -0.05) is 12.8 Å². The molecule has 0 saturated heterocycles. The first kappa shape index (κ1) is 12.7. The maximum Gasteiger partial charge on any atom is 0.308 e. The highest BCUT2D eigenvalue weighted by Crippen LogP contribution is 2.56. The third kappa shape index (κ3) is 1.80. The average Bonchev–Trinajstić information content (AvgIpc) is 2.80. The number of amides is 1. The normalized spacial score (nSPS) is 48.7. The predicted octanol–water partition coefficient (Wildman–Crippen LogP) is 2.04. The fraction of sp³-hybridized carbons (Fsp3) is 0.875. The summed E-state index contributed by atoms with van der Waals surface area (Å²) in [5.41, 5.74) is 0. The van der Waals surface area contributed by atoms with Gasteiger partial charge in [-0.2, -0.15) is 0 Å². The van der Waals surface area contributed by atoms with Crippen molar-refractivity contribution in [3.05, 3.63) is 0 Å². The summed E-state index contributed by atoms with van der Waals surface area (Å²) in [5, 5.41) is 12.6. The van der Waals surface area contributed by atoms with Gasteiger partial charge in [0.05, 0.1) is 5.92 Å². The van der Waals surface area contributed by atoms with Crippen molar-refractivity contribution >= 4 is 11.9 Å². The molecule has 0 radical (unpaired) electrons. The number of carboxylic acid groups (broad SMARTS) is 1. The highest BCUT2D eigenvalue weighted by molar-refractivity contribution is 5.83. The van der Waals surface area contributed by atoms with Crippen LogP contribution in [0.1, 0.15) is 44.9 Å². The van der Waals surface area contributed by atoms with E-state index in [9.17, 15) is 14.7 Å². The molecule has 0 heterocycles. The second-order valence-electron chi connectivity index (χ2n) is 7.37. The van der Waals surface area contributed by atoms with Crippen LogP contribution in [0, 0.1) is 35.5 Å². The van der Waals surface area contributed by atoms with E-state index in [0.29, 0.717) is 23.7 Å². The molecule has 6 unspecified atom stereocenters. The Labute approximate surface area is 119 Å². The maximum absolute atomic E-state index is 12.5. The van der Waals surface area contributed by atoms with Crippen LogP contribution < -0.4 is 5.32 Å². The van der Waals surface area contributed by atoms with E-state index in [4.69, 9.17) is 0 Å². The zero-order chi connectivity index (χ0) is 13.9. The Morgan fingerprint density at radius 1 is 0.900 bits per heavy atom. The fourth-order valence-corrected chi connectivity index (χ4v) is 5.50. The summed E-state index contributed by atoms with van der Waals surface area (Å²) in [4.78, 5) is 23.9. The molecule has 4 rings (SSSR count). The first-order valence-corrected chi connectivity index (χ1v) is 8.20. The first-order chi connectivity index (χ1) is 9.66. The number of nitrogens with one attached hydrogen (secondary N) is 1. The lowest BCUT2D eigenvalue weighted by Gasteiger charge is -2.29. The van der Waals surface area contributed by atoms with Gasteiger partial charge in [-0.3, -0.25) is 9.59 Å². The molecule has 4 fully saturated rings. The van der Waals surface area contributed by atoms with Crippen LogP contribution in [0.3, 0.4) is 0 Å². The van der Waals surface area contributed by atoms with Crippen LogP contribution in [0.4, 0.5) is 0 Å². The minimum absolute atomic E-state index is 0.0959. The van der Waals surface area contributed by atoms with Gasteiger partial charge in [0.2, 0.25) is 5.91 Å². The third-order valence-corrected chi connectivity index (χ3v) is 6.47. The van der Waals surface area contributed by atoms with Gasteiger partial charge < -0.3 is 10.4 Å². The van der Waals surface area contributed by atoms with Gasteiger partial charge in [0.25, 0.3) is 0 Å². The molecule has 0 spiro atoms. The number of fused-ring (bicyclic) bond motifs is 3. The third-order valence-electron chi connectivity index (χ3n) is 6.47. The summed E-state index contributed by atoms with van der Waals surface area (Å²) >= 11 is 0. The summed E-state index contributed by atoms with van der Waals surface area (Å²) in [5.74, 6) is 1.22. The number of carbonyl (C=O) groups is 2. The quantitative estimate of drug-likeness (QED) is 0.829. The van der Waals surface area contributed by atoms with Gasteiger partial charge in [0, 0.05) is 12.0 Å². The Kier molecular flexibility index (Phi) is 2.83.